The SMILES string of the molecule is COc1ccc(C(=O)N2CCC(N3C(=O)CSC3=O)C2)c(OC)c1OC. The van der Waals surface area contributed by atoms with Gasteiger partial charge in [0.2, 0.25) is 11.7 Å². The van der Waals surface area contributed by atoms with Crippen LogP contribution in [-0.2, 0) is 4.79 Å². The van der Waals surface area contributed by atoms with Crippen molar-refractivity contribution in [3.63, 3.8) is 0 Å². The lowest BCUT2D eigenvalue weighted by Gasteiger charge is -2.23. The minimum atomic E-state index is -0.278. The molecule has 0 N–H and O–H groups in total. The summed E-state index contributed by atoms with van der Waals surface area (Å²) < 4.78 is 15.9. The van der Waals surface area contributed by atoms with E-state index in [0.29, 0.717) is 42.3 Å². The van der Waals surface area contributed by atoms with Crippen LogP contribution in [0.3, 0.4) is 0 Å². The van der Waals surface area contributed by atoms with E-state index in [1.165, 1.54) is 26.2 Å². The molecule has 1 aromatic rings. The second-order valence-electron chi connectivity index (χ2n) is 5.89. The Morgan fingerprint density at radius 3 is 2.42 bits per heavy atom. The molecule has 2 fully saturated rings. The zero-order valence-corrected chi connectivity index (χ0v) is 15.6. The molecule has 1 atom stereocenters. The molecule has 1 aromatic carbocycles. The molecule has 3 rings (SSSR count). The van der Waals surface area contributed by atoms with E-state index >= 15 is 0 Å². The van der Waals surface area contributed by atoms with E-state index in [1.54, 1.807) is 17.0 Å². The van der Waals surface area contributed by atoms with E-state index in [9.17, 15) is 14.4 Å². The first-order chi connectivity index (χ1) is 12.5. The highest BCUT2D eigenvalue weighted by molar-refractivity contribution is 8.14. The summed E-state index contributed by atoms with van der Waals surface area (Å²) >= 11 is 1.01. The number of hydrogen-bond donors (Lipinski definition) is 0. The summed E-state index contributed by atoms with van der Waals surface area (Å²) in [5, 5.41) is -0.238. The Hall–Kier alpha value is -2.42. The lowest BCUT2D eigenvalue weighted by atomic mass is 10.1. The van der Waals surface area contributed by atoms with Crippen molar-refractivity contribution in [2.45, 2.75) is 12.5 Å². The standard InChI is InChI=1S/C17H20N2O6S/c1-23-12-5-4-11(14(24-2)15(12)25-3)16(21)18-7-6-10(8-18)19-13(20)9-26-17(19)22/h4-5,10H,6-9H2,1-3H3. The highest BCUT2D eigenvalue weighted by atomic mass is 32.2. The average Bonchev–Trinajstić information content (AvgIpc) is 3.25. The molecule has 0 bridgehead atoms. The van der Waals surface area contributed by atoms with E-state index in [1.807, 2.05) is 0 Å². The summed E-state index contributed by atoms with van der Waals surface area (Å²) in [5.41, 5.74) is 0.347. The minimum absolute atomic E-state index is 0.173. The molecule has 9 heteroatoms. The van der Waals surface area contributed by atoms with Crippen molar-refractivity contribution in [2.75, 3.05) is 40.2 Å². The molecule has 2 aliphatic rings. The van der Waals surface area contributed by atoms with Crippen LogP contribution in [-0.4, -0.2) is 73.1 Å². The van der Waals surface area contributed by atoms with Gasteiger partial charge < -0.3 is 19.1 Å². The number of carbonyl (C=O) groups is 3. The van der Waals surface area contributed by atoms with E-state index in [4.69, 9.17) is 14.2 Å². The third-order valence-electron chi connectivity index (χ3n) is 4.53. The maximum Gasteiger partial charge on any atom is 0.289 e. The molecule has 26 heavy (non-hydrogen) atoms. The van der Waals surface area contributed by atoms with Crippen LogP contribution in [0, 0.1) is 0 Å². The zero-order valence-electron chi connectivity index (χ0n) is 14.8. The molecular weight excluding hydrogens is 360 g/mol. The van der Waals surface area contributed by atoms with Gasteiger partial charge in [-0.15, -0.1) is 0 Å². The van der Waals surface area contributed by atoms with Crippen LogP contribution in [0.15, 0.2) is 12.1 Å². The van der Waals surface area contributed by atoms with Crippen LogP contribution in [0.2, 0.25) is 0 Å². The summed E-state index contributed by atoms with van der Waals surface area (Å²) in [4.78, 5) is 39.7. The maximum absolute atomic E-state index is 13.0. The summed E-state index contributed by atoms with van der Waals surface area (Å²) in [6, 6.07) is 2.99. The largest absolute Gasteiger partial charge is 0.493 e. The third-order valence-corrected chi connectivity index (χ3v) is 5.37. The number of thioether (sulfide) groups is 1. The Labute approximate surface area is 155 Å². The number of imide groups is 1. The van der Waals surface area contributed by atoms with Crippen LogP contribution in [0.4, 0.5) is 4.79 Å². The molecule has 2 heterocycles. The fourth-order valence-electron chi connectivity index (χ4n) is 3.29. The second-order valence-corrected chi connectivity index (χ2v) is 6.82. The third kappa shape index (κ3) is 3.07. The Kier molecular flexibility index (Phi) is 5.26. The minimum Gasteiger partial charge on any atom is -0.493 e. The van der Waals surface area contributed by atoms with Gasteiger partial charge >= 0.3 is 0 Å². The average molecular weight is 380 g/mol. The second kappa shape index (κ2) is 7.45. The van der Waals surface area contributed by atoms with Gasteiger partial charge in [0.1, 0.15) is 0 Å². The van der Waals surface area contributed by atoms with E-state index in [-0.39, 0.29) is 28.8 Å². The number of benzene rings is 1. The van der Waals surface area contributed by atoms with Gasteiger partial charge in [0, 0.05) is 13.1 Å². The fourth-order valence-corrected chi connectivity index (χ4v) is 4.07. The number of amides is 3. The maximum atomic E-state index is 13.0. The number of hydrogen-bond acceptors (Lipinski definition) is 7. The van der Waals surface area contributed by atoms with Gasteiger partial charge in [0.15, 0.2) is 11.5 Å². The van der Waals surface area contributed by atoms with Crippen LogP contribution in [0.1, 0.15) is 16.8 Å². The smallest absolute Gasteiger partial charge is 0.289 e. The van der Waals surface area contributed by atoms with Crippen LogP contribution < -0.4 is 14.2 Å². The molecule has 140 valence electrons. The summed E-state index contributed by atoms with van der Waals surface area (Å²) in [7, 11) is 4.44. The summed E-state index contributed by atoms with van der Waals surface area (Å²) in [6.45, 7) is 0.775. The van der Waals surface area contributed by atoms with Gasteiger partial charge in [-0.25, -0.2) is 0 Å². The van der Waals surface area contributed by atoms with Crippen LogP contribution in [0.25, 0.3) is 0 Å². The number of carbonyl (C=O) groups excluding carboxylic acids is 3. The van der Waals surface area contributed by atoms with Crippen LogP contribution >= 0.6 is 11.8 Å². The molecule has 0 saturated carbocycles. The lowest BCUT2D eigenvalue weighted by molar-refractivity contribution is -0.126. The molecule has 0 spiro atoms. The van der Waals surface area contributed by atoms with Crippen molar-refractivity contribution >= 4 is 28.8 Å². The summed E-state index contributed by atoms with van der Waals surface area (Å²) in [5.74, 6) is 0.847. The van der Waals surface area contributed by atoms with Crippen molar-refractivity contribution < 1.29 is 28.6 Å². The first-order valence-electron chi connectivity index (χ1n) is 8.08. The Bertz CT molecular complexity index is 737. The predicted octanol–water partition coefficient (Wildman–Crippen LogP) is 1.62. The first-order valence-corrected chi connectivity index (χ1v) is 9.07. The van der Waals surface area contributed by atoms with E-state index in [2.05, 4.69) is 0 Å². The molecular formula is C17H20N2O6S. The van der Waals surface area contributed by atoms with Crippen molar-refractivity contribution in [2.24, 2.45) is 0 Å². The Morgan fingerprint density at radius 1 is 1.12 bits per heavy atom. The highest BCUT2D eigenvalue weighted by Gasteiger charge is 2.40. The molecule has 3 amide bonds. The Balaban J connectivity index is 1.82. The number of ether oxygens (including phenoxy) is 3. The number of rotatable bonds is 5. The lowest BCUT2D eigenvalue weighted by Crippen LogP contribution is -2.41. The van der Waals surface area contributed by atoms with E-state index < -0.39 is 0 Å². The molecule has 1 unspecified atom stereocenters. The molecule has 2 aliphatic heterocycles. The Morgan fingerprint density at radius 2 is 1.85 bits per heavy atom. The highest BCUT2D eigenvalue weighted by Crippen LogP contribution is 2.40. The molecule has 8 nitrogen and oxygen atoms in total. The van der Waals surface area contributed by atoms with Gasteiger partial charge in [0.25, 0.3) is 11.1 Å². The van der Waals surface area contributed by atoms with Gasteiger partial charge in [0.05, 0.1) is 38.7 Å². The molecule has 0 aliphatic carbocycles. The normalized spacial score (nSPS) is 19.9. The van der Waals surface area contributed by atoms with Gasteiger partial charge in [-0.3, -0.25) is 19.3 Å². The number of nitrogens with zero attached hydrogens (tertiary/aromatic N) is 2. The molecule has 0 aromatic heterocycles. The van der Waals surface area contributed by atoms with Gasteiger partial charge in [-0.05, 0) is 18.6 Å². The van der Waals surface area contributed by atoms with Crippen molar-refractivity contribution in [3.05, 3.63) is 17.7 Å². The molecule has 0 radical (unpaired) electrons. The summed E-state index contributed by atoms with van der Waals surface area (Å²) in [6.07, 6.45) is 0.569. The molecule has 2 saturated heterocycles. The first kappa shape index (κ1) is 18.4. The topological polar surface area (TPSA) is 85.4 Å². The number of likely N-dealkylation sites (tertiary alicyclic amines) is 1. The quantitative estimate of drug-likeness (QED) is 0.767. The predicted molar refractivity (Wildman–Crippen MR) is 95.1 cm³/mol. The zero-order chi connectivity index (χ0) is 18.8. The van der Waals surface area contributed by atoms with Crippen molar-refractivity contribution in [1.82, 2.24) is 9.80 Å². The van der Waals surface area contributed by atoms with Gasteiger partial charge in [-0.2, -0.15) is 0 Å². The monoisotopic (exact) mass is 380 g/mol. The van der Waals surface area contributed by atoms with E-state index in [0.717, 1.165) is 11.8 Å². The van der Waals surface area contributed by atoms with Gasteiger partial charge in [-0.1, -0.05) is 11.8 Å². The number of methoxy groups -OCH3 is 3. The van der Waals surface area contributed by atoms with Crippen molar-refractivity contribution in [3.8, 4) is 17.2 Å². The van der Waals surface area contributed by atoms with Crippen LogP contribution in [0.5, 0.6) is 17.2 Å². The van der Waals surface area contributed by atoms with Crippen molar-refractivity contribution in [1.29, 1.82) is 0 Å². The fraction of sp³-hybridized carbons (Fsp3) is 0.471.